The first-order chi connectivity index (χ1) is 8.54. The Bertz CT molecular complexity index is 491. The Morgan fingerprint density at radius 1 is 1.50 bits per heavy atom. The van der Waals surface area contributed by atoms with Gasteiger partial charge >= 0.3 is 0 Å². The number of hydrogen-bond donors (Lipinski definition) is 1. The van der Waals surface area contributed by atoms with Crippen molar-refractivity contribution in [1.82, 2.24) is 9.47 Å². The minimum absolute atomic E-state index is 0.107. The molecule has 1 aromatic heterocycles. The average molecular weight is 249 g/mol. The number of nitrogens with two attached hydrogens (primary N) is 1. The summed E-state index contributed by atoms with van der Waals surface area (Å²) in [5, 5.41) is 0. The molecule has 2 heterocycles. The second kappa shape index (κ2) is 5.24. The van der Waals surface area contributed by atoms with E-state index in [9.17, 15) is 4.79 Å². The summed E-state index contributed by atoms with van der Waals surface area (Å²) in [6.07, 6.45) is 1.94. The monoisotopic (exact) mass is 249 g/mol. The van der Waals surface area contributed by atoms with Gasteiger partial charge in [0.2, 0.25) is 0 Å². The Kier molecular flexibility index (Phi) is 3.88. The predicted octanol–water partition coefficient (Wildman–Crippen LogP) is 1.27. The van der Waals surface area contributed by atoms with Gasteiger partial charge in [0.25, 0.3) is 5.56 Å². The van der Waals surface area contributed by atoms with Crippen molar-refractivity contribution in [3.8, 4) is 0 Å². The highest BCUT2D eigenvalue weighted by Crippen LogP contribution is 2.19. The van der Waals surface area contributed by atoms with Crippen molar-refractivity contribution in [2.45, 2.75) is 45.8 Å². The number of rotatable bonds is 3. The van der Waals surface area contributed by atoms with E-state index in [2.05, 4.69) is 18.9 Å². The molecule has 1 aliphatic rings. The molecule has 4 heteroatoms. The third-order valence-electron chi connectivity index (χ3n) is 3.63. The van der Waals surface area contributed by atoms with Crippen molar-refractivity contribution >= 4 is 0 Å². The lowest BCUT2D eigenvalue weighted by molar-refractivity contribution is 0.303. The Labute approximate surface area is 108 Å². The number of hydrogen-bond acceptors (Lipinski definition) is 3. The van der Waals surface area contributed by atoms with Crippen LogP contribution in [0.1, 0.15) is 43.1 Å². The fourth-order valence-corrected chi connectivity index (χ4v) is 2.67. The van der Waals surface area contributed by atoms with Gasteiger partial charge in [-0.15, -0.1) is 0 Å². The lowest BCUT2D eigenvalue weighted by Crippen LogP contribution is -2.36. The van der Waals surface area contributed by atoms with Crippen LogP contribution in [0.4, 0.5) is 0 Å². The van der Waals surface area contributed by atoms with Gasteiger partial charge in [0.05, 0.1) is 0 Å². The maximum atomic E-state index is 12.4. The van der Waals surface area contributed by atoms with Crippen molar-refractivity contribution in [3.63, 3.8) is 0 Å². The van der Waals surface area contributed by atoms with Crippen LogP contribution in [0.3, 0.4) is 0 Å². The highest BCUT2D eigenvalue weighted by Gasteiger charge is 2.20. The molecule has 1 atom stereocenters. The van der Waals surface area contributed by atoms with Crippen LogP contribution in [-0.2, 0) is 19.5 Å². The molecule has 18 heavy (non-hydrogen) atoms. The zero-order valence-corrected chi connectivity index (χ0v) is 11.6. The molecular formula is C14H23N3O. The van der Waals surface area contributed by atoms with E-state index in [1.807, 2.05) is 17.6 Å². The summed E-state index contributed by atoms with van der Waals surface area (Å²) < 4.78 is 1.95. The van der Waals surface area contributed by atoms with Gasteiger partial charge in [-0.2, -0.15) is 0 Å². The molecule has 2 N–H and O–H groups in total. The summed E-state index contributed by atoms with van der Waals surface area (Å²) in [6, 6.07) is 1.82. The van der Waals surface area contributed by atoms with Gasteiger partial charge in [0.15, 0.2) is 0 Å². The molecule has 100 valence electrons. The van der Waals surface area contributed by atoms with E-state index in [1.165, 1.54) is 11.3 Å². The van der Waals surface area contributed by atoms with Crippen molar-refractivity contribution in [2.75, 3.05) is 13.6 Å². The molecule has 2 rings (SSSR count). The third-order valence-corrected chi connectivity index (χ3v) is 3.63. The smallest absolute Gasteiger partial charge is 0.255 e. The molecule has 0 bridgehead atoms. The molecule has 0 aromatic carbocycles. The third kappa shape index (κ3) is 2.35. The highest BCUT2D eigenvalue weighted by atomic mass is 16.1. The summed E-state index contributed by atoms with van der Waals surface area (Å²) >= 11 is 0. The summed E-state index contributed by atoms with van der Waals surface area (Å²) in [5.74, 6) is 0. The van der Waals surface area contributed by atoms with Crippen LogP contribution in [0.25, 0.3) is 0 Å². The fourth-order valence-electron chi connectivity index (χ4n) is 2.67. The van der Waals surface area contributed by atoms with Crippen molar-refractivity contribution < 1.29 is 0 Å². The van der Waals surface area contributed by atoms with Crippen molar-refractivity contribution in [2.24, 2.45) is 5.73 Å². The van der Waals surface area contributed by atoms with Crippen LogP contribution < -0.4 is 11.3 Å². The SMILES string of the molecule is CCCn1c2c(cc(C(C)N)c1=O)CN(C)CC2. The molecule has 0 amide bonds. The number of likely N-dealkylation sites (N-methyl/N-ethyl adjacent to an activating group) is 1. The van der Waals surface area contributed by atoms with Crippen molar-refractivity contribution in [1.29, 1.82) is 0 Å². The van der Waals surface area contributed by atoms with Gasteiger partial charge in [-0.25, -0.2) is 0 Å². The summed E-state index contributed by atoms with van der Waals surface area (Å²) in [5.41, 5.74) is 9.25. The zero-order chi connectivity index (χ0) is 13.3. The van der Waals surface area contributed by atoms with Gasteiger partial charge in [-0.3, -0.25) is 4.79 Å². The quantitative estimate of drug-likeness (QED) is 0.877. The second-order valence-corrected chi connectivity index (χ2v) is 5.30. The lowest BCUT2D eigenvalue weighted by Gasteiger charge is -2.28. The molecule has 4 nitrogen and oxygen atoms in total. The first kappa shape index (κ1) is 13.3. The van der Waals surface area contributed by atoms with Gasteiger partial charge in [0.1, 0.15) is 0 Å². The van der Waals surface area contributed by atoms with Crippen LogP contribution in [0, 0.1) is 0 Å². The van der Waals surface area contributed by atoms with Crippen LogP contribution in [0.5, 0.6) is 0 Å². The van der Waals surface area contributed by atoms with Crippen LogP contribution in [-0.4, -0.2) is 23.1 Å². The minimum Gasteiger partial charge on any atom is -0.324 e. The molecule has 1 unspecified atom stereocenters. The maximum Gasteiger partial charge on any atom is 0.255 e. The van der Waals surface area contributed by atoms with Crippen LogP contribution in [0.15, 0.2) is 10.9 Å². The Balaban J connectivity index is 2.59. The summed E-state index contributed by atoms with van der Waals surface area (Å²) in [7, 11) is 2.11. The van der Waals surface area contributed by atoms with E-state index in [-0.39, 0.29) is 11.6 Å². The minimum atomic E-state index is -0.196. The first-order valence-corrected chi connectivity index (χ1v) is 6.74. The van der Waals surface area contributed by atoms with E-state index in [4.69, 9.17) is 5.73 Å². The fraction of sp³-hybridized carbons (Fsp3) is 0.643. The van der Waals surface area contributed by atoms with Gasteiger partial charge < -0.3 is 15.2 Å². The van der Waals surface area contributed by atoms with Gasteiger partial charge in [-0.05, 0) is 32.0 Å². The Morgan fingerprint density at radius 2 is 2.22 bits per heavy atom. The predicted molar refractivity (Wildman–Crippen MR) is 73.6 cm³/mol. The average Bonchev–Trinajstić information content (AvgIpc) is 2.32. The number of nitrogens with zero attached hydrogens (tertiary/aromatic N) is 2. The van der Waals surface area contributed by atoms with E-state index in [0.717, 1.165) is 38.0 Å². The molecule has 1 aliphatic heterocycles. The second-order valence-electron chi connectivity index (χ2n) is 5.30. The Hall–Kier alpha value is -1.13. The summed E-state index contributed by atoms with van der Waals surface area (Å²) in [4.78, 5) is 14.7. The van der Waals surface area contributed by atoms with E-state index in [1.54, 1.807) is 0 Å². The zero-order valence-electron chi connectivity index (χ0n) is 11.6. The molecule has 0 aliphatic carbocycles. The van der Waals surface area contributed by atoms with Gasteiger partial charge in [-0.1, -0.05) is 6.92 Å². The highest BCUT2D eigenvalue weighted by molar-refractivity contribution is 5.30. The maximum absolute atomic E-state index is 12.4. The molecule has 0 fully saturated rings. The largest absolute Gasteiger partial charge is 0.324 e. The number of fused-ring (bicyclic) bond motifs is 1. The molecule has 0 radical (unpaired) electrons. The first-order valence-electron chi connectivity index (χ1n) is 6.74. The Morgan fingerprint density at radius 3 is 2.83 bits per heavy atom. The standard InChI is InChI=1S/C14H23N3O/c1-4-6-17-13-5-7-16(3)9-11(13)8-12(10(2)15)14(17)18/h8,10H,4-7,9,15H2,1-3H3. The number of pyridine rings is 1. The van der Waals surface area contributed by atoms with Crippen LogP contribution in [0.2, 0.25) is 0 Å². The number of aromatic nitrogens is 1. The summed E-state index contributed by atoms with van der Waals surface area (Å²) in [6.45, 7) is 6.72. The van der Waals surface area contributed by atoms with Crippen molar-refractivity contribution in [3.05, 3.63) is 33.2 Å². The molecular weight excluding hydrogens is 226 g/mol. The topological polar surface area (TPSA) is 51.3 Å². The van der Waals surface area contributed by atoms with E-state index < -0.39 is 0 Å². The molecule has 0 saturated heterocycles. The lowest BCUT2D eigenvalue weighted by atomic mass is 10.0. The normalized spacial score (nSPS) is 17.6. The van der Waals surface area contributed by atoms with E-state index in [0.29, 0.717) is 0 Å². The van der Waals surface area contributed by atoms with Gasteiger partial charge in [0, 0.05) is 43.4 Å². The molecule has 0 saturated carbocycles. The molecule has 1 aromatic rings. The van der Waals surface area contributed by atoms with E-state index >= 15 is 0 Å². The van der Waals surface area contributed by atoms with Crippen LogP contribution >= 0.6 is 0 Å². The molecule has 0 spiro atoms.